The lowest BCUT2D eigenvalue weighted by molar-refractivity contribution is -0.119. The van der Waals surface area contributed by atoms with Crippen LogP contribution in [0.2, 0.25) is 15.1 Å². The quantitative estimate of drug-likeness (QED) is 0.372. The van der Waals surface area contributed by atoms with Crippen molar-refractivity contribution in [3.05, 3.63) is 75.4 Å². The Labute approximate surface area is 194 Å². The molecule has 2 aromatic carbocycles. The van der Waals surface area contributed by atoms with E-state index in [0.29, 0.717) is 32.2 Å². The highest BCUT2D eigenvalue weighted by Crippen LogP contribution is 2.31. The van der Waals surface area contributed by atoms with E-state index >= 15 is 0 Å². The van der Waals surface area contributed by atoms with E-state index < -0.39 is 22.5 Å². The second-order valence-corrected chi connectivity index (χ2v) is 9.56. The van der Waals surface area contributed by atoms with Gasteiger partial charge in [0.05, 0.1) is 23.2 Å². The maximum atomic E-state index is 12.2. The van der Waals surface area contributed by atoms with Crippen molar-refractivity contribution in [2.24, 2.45) is 5.10 Å². The fraction of sp³-hybridized carbons (Fsp3) is 0.100. The predicted octanol–water partition coefficient (Wildman–Crippen LogP) is 4.82. The van der Waals surface area contributed by atoms with Crippen LogP contribution >= 0.6 is 34.8 Å². The maximum Gasteiger partial charge on any atom is 0.260 e. The number of hydrogen-bond acceptors (Lipinski definition) is 5. The molecule has 1 aromatic heterocycles. The van der Waals surface area contributed by atoms with Crippen LogP contribution in [0.5, 0.6) is 0 Å². The zero-order chi connectivity index (χ0) is 22.6. The van der Waals surface area contributed by atoms with Gasteiger partial charge in [-0.1, -0.05) is 40.9 Å². The molecular formula is C20H16Cl3N3O4S. The normalized spacial score (nSPS) is 11.6. The van der Waals surface area contributed by atoms with E-state index in [-0.39, 0.29) is 5.69 Å². The van der Waals surface area contributed by atoms with E-state index in [1.807, 2.05) is 0 Å². The van der Waals surface area contributed by atoms with Crippen molar-refractivity contribution in [2.75, 3.05) is 17.1 Å². The van der Waals surface area contributed by atoms with E-state index in [4.69, 9.17) is 39.2 Å². The number of furan rings is 1. The van der Waals surface area contributed by atoms with Crippen LogP contribution < -0.4 is 9.73 Å². The molecule has 1 N–H and O–H groups in total. The average Bonchev–Trinajstić information content (AvgIpc) is 3.13. The third-order valence-electron chi connectivity index (χ3n) is 3.99. The number of carbonyl (C=O) groups excluding carboxylic acids is 1. The van der Waals surface area contributed by atoms with Crippen molar-refractivity contribution in [2.45, 2.75) is 0 Å². The number of anilines is 1. The van der Waals surface area contributed by atoms with Crippen LogP contribution in [-0.2, 0) is 14.8 Å². The summed E-state index contributed by atoms with van der Waals surface area (Å²) in [5.41, 5.74) is 3.19. The van der Waals surface area contributed by atoms with Crippen molar-refractivity contribution in [3.63, 3.8) is 0 Å². The lowest BCUT2D eigenvalue weighted by atomic mass is 10.2. The van der Waals surface area contributed by atoms with Crippen molar-refractivity contribution >= 4 is 62.6 Å². The van der Waals surface area contributed by atoms with E-state index in [9.17, 15) is 13.2 Å². The van der Waals surface area contributed by atoms with Crippen molar-refractivity contribution < 1.29 is 17.6 Å². The van der Waals surface area contributed by atoms with Gasteiger partial charge in [-0.2, -0.15) is 5.10 Å². The highest BCUT2D eigenvalue weighted by molar-refractivity contribution is 7.92. The lowest BCUT2D eigenvalue weighted by Crippen LogP contribution is -2.39. The lowest BCUT2D eigenvalue weighted by Gasteiger charge is -2.21. The first-order valence-corrected chi connectivity index (χ1v) is 11.7. The number of nitrogens with one attached hydrogen (secondary N) is 1. The van der Waals surface area contributed by atoms with Crippen LogP contribution in [0.1, 0.15) is 5.76 Å². The van der Waals surface area contributed by atoms with Crippen LogP contribution in [0.15, 0.2) is 64.1 Å². The van der Waals surface area contributed by atoms with Gasteiger partial charge in [-0.3, -0.25) is 9.10 Å². The van der Waals surface area contributed by atoms with Gasteiger partial charge in [0.15, 0.2) is 0 Å². The second kappa shape index (κ2) is 9.74. The summed E-state index contributed by atoms with van der Waals surface area (Å²) in [7, 11) is -3.72. The molecule has 0 saturated heterocycles. The molecule has 0 aliphatic heterocycles. The highest BCUT2D eigenvalue weighted by atomic mass is 35.5. The Hall–Kier alpha value is -2.52. The maximum absolute atomic E-state index is 12.2. The number of hydrazone groups is 1. The van der Waals surface area contributed by atoms with Crippen molar-refractivity contribution in [3.8, 4) is 11.3 Å². The predicted molar refractivity (Wildman–Crippen MR) is 124 cm³/mol. The molecule has 0 saturated carbocycles. The zero-order valence-corrected chi connectivity index (χ0v) is 19.1. The van der Waals surface area contributed by atoms with Crippen LogP contribution in [-0.4, -0.2) is 33.3 Å². The van der Waals surface area contributed by atoms with Crippen LogP contribution in [0.25, 0.3) is 11.3 Å². The Morgan fingerprint density at radius 2 is 1.84 bits per heavy atom. The fourth-order valence-corrected chi connectivity index (χ4v) is 4.16. The molecule has 0 spiro atoms. The van der Waals surface area contributed by atoms with Crippen LogP contribution in [0.4, 0.5) is 5.69 Å². The SMILES string of the molecule is CS(=O)(=O)N(CC(=O)N/N=C\c1ccc(-c2ccc(Cl)cc2Cl)o1)c1cccc(Cl)c1. The van der Waals surface area contributed by atoms with Crippen molar-refractivity contribution in [1.29, 1.82) is 0 Å². The van der Waals surface area contributed by atoms with Gasteiger partial charge in [0.25, 0.3) is 5.91 Å². The number of amides is 1. The number of benzene rings is 2. The second-order valence-electron chi connectivity index (χ2n) is 6.37. The molecule has 162 valence electrons. The summed E-state index contributed by atoms with van der Waals surface area (Å²) in [6, 6.07) is 14.5. The summed E-state index contributed by atoms with van der Waals surface area (Å²) in [6.07, 6.45) is 2.28. The molecule has 0 aliphatic rings. The number of hydrogen-bond donors (Lipinski definition) is 1. The molecule has 1 amide bonds. The molecule has 0 atom stereocenters. The first kappa shape index (κ1) is 23.1. The minimum atomic E-state index is -3.72. The van der Waals surface area contributed by atoms with Gasteiger partial charge in [-0.05, 0) is 48.5 Å². The van der Waals surface area contributed by atoms with E-state index in [1.54, 1.807) is 42.5 Å². The molecule has 7 nitrogen and oxygen atoms in total. The first-order valence-electron chi connectivity index (χ1n) is 8.74. The number of halogens is 3. The van der Waals surface area contributed by atoms with Crippen molar-refractivity contribution in [1.82, 2.24) is 5.43 Å². The third-order valence-corrected chi connectivity index (χ3v) is 5.91. The zero-order valence-electron chi connectivity index (χ0n) is 16.1. The van der Waals surface area contributed by atoms with Crippen LogP contribution in [0, 0.1) is 0 Å². The monoisotopic (exact) mass is 499 g/mol. The van der Waals surface area contributed by atoms with Gasteiger partial charge in [0.2, 0.25) is 10.0 Å². The Balaban J connectivity index is 1.67. The first-order chi connectivity index (χ1) is 14.6. The van der Waals surface area contributed by atoms with Gasteiger partial charge in [-0.15, -0.1) is 0 Å². The molecular weight excluding hydrogens is 485 g/mol. The molecule has 0 bridgehead atoms. The van der Waals surface area contributed by atoms with E-state index in [0.717, 1.165) is 10.6 Å². The van der Waals surface area contributed by atoms with E-state index in [2.05, 4.69) is 10.5 Å². The van der Waals surface area contributed by atoms with Gasteiger partial charge in [0.1, 0.15) is 18.1 Å². The fourth-order valence-electron chi connectivity index (χ4n) is 2.62. The Bertz CT molecular complexity index is 1240. The molecule has 0 fully saturated rings. The number of sulfonamides is 1. The summed E-state index contributed by atoms with van der Waals surface area (Å²) in [5.74, 6) is 0.212. The van der Waals surface area contributed by atoms with Gasteiger partial charge >= 0.3 is 0 Å². The number of nitrogens with zero attached hydrogens (tertiary/aromatic N) is 2. The molecule has 3 rings (SSSR count). The largest absolute Gasteiger partial charge is 0.455 e. The summed E-state index contributed by atoms with van der Waals surface area (Å²) < 4.78 is 30.7. The topological polar surface area (TPSA) is 92.0 Å². The summed E-state index contributed by atoms with van der Waals surface area (Å²) in [6.45, 7) is -0.472. The summed E-state index contributed by atoms with van der Waals surface area (Å²) in [5, 5.41) is 5.09. The minimum absolute atomic E-state index is 0.268. The number of carbonyl (C=O) groups is 1. The number of rotatable bonds is 7. The summed E-state index contributed by atoms with van der Waals surface area (Å²) in [4.78, 5) is 12.2. The molecule has 31 heavy (non-hydrogen) atoms. The Morgan fingerprint density at radius 1 is 1.10 bits per heavy atom. The Morgan fingerprint density at radius 3 is 2.52 bits per heavy atom. The Kier molecular flexibility index (Phi) is 7.27. The summed E-state index contributed by atoms with van der Waals surface area (Å²) >= 11 is 18.0. The molecule has 0 unspecified atom stereocenters. The molecule has 0 radical (unpaired) electrons. The smallest absolute Gasteiger partial charge is 0.260 e. The minimum Gasteiger partial charge on any atom is -0.455 e. The van der Waals surface area contributed by atoms with E-state index in [1.165, 1.54) is 18.3 Å². The average molecular weight is 501 g/mol. The standard InChI is InChI=1S/C20H16Cl3N3O4S/c1-31(28,29)26(15-4-2-3-13(21)9-15)12-20(27)25-24-11-16-6-8-19(30-16)17-7-5-14(22)10-18(17)23/h2-11H,12H2,1H3,(H,25,27)/b24-11-. The molecule has 3 aromatic rings. The molecule has 1 heterocycles. The van der Waals surface area contributed by atoms with Crippen LogP contribution in [0.3, 0.4) is 0 Å². The molecule has 11 heteroatoms. The molecule has 0 aliphatic carbocycles. The highest BCUT2D eigenvalue weighted by Gasteiger charge is 2.21. The van der Waals surface area contributed by atoms with Gasteiger partial charge in [-0.25, -0.2) is 13.8 Å². The third kappa shape index (κ3) is 6.24. The van der Waals surface area contributed by atoms with Gasteiger partial charge in [0, 0.05) is 15.6 Å². The van der Waals surface area contributed by atoms with Gasteiger partial charge < -0.3 is 4.42 Å².